The second kappa shape index (κ2) is 9.94. The Hall–Kier alpha value is -1.80. The van der Waals surface area contributed by atoms with Gasteiger partial charge in [-0.05, 0) is 26.1 Å². The number of hydrogen-bond donors (Lipinski definition) is 1. The van der Waals surface area contributed by atoms with Crippen LogP contribution in [0.4, 0.5) is 0 Å². The van der Waals surface area contributed by atoms with Crippen LogP contribution in [0, 0.1) is 0 Å². The van der Waals surface area contributed by atoms with Crippen LogP contribution >= 0.6 is 24.8 Å². The number of ether oxygens (including phenoxy) is 1. The van der Waals surface area contributed by atoms with Gasteiger partial charge in [0.25, 0.3) is 0 Å². The highest BCUT2D eigenvalue weighted by Crippen LogP contribution is 2.28. The number of phenolic OH excluding ortho intramolecular Hbond substituents is 1. The summed E-state index contributed by atoms with van der Waals surface area (Å²) in [5.74, 6) is -0.782. The molecule has 1 fully saturated rings. The van der Waals surface area contributed by atoms with Crippen LogP contribution in [0.15, 0.2) is 27.4 Å². The second-order valence-corrected chi connectivity index (χ2v) is 6.21. The lowest BCUT2D eigenvalue weighted by Gasteiger charge is -2.32. The van der Waals surface area contributed by atoms with Crippen LogP contribution in [0.2, 0.25) is 0 Å². The second-order valence-electron chi connectivity index (χ2n) is 6.21. The van der Waals surface area contributed by atoms with Gasteiger partial charge in [0.15, 0.2) is 5.43 Å². The fraction of sp³-hybridized carbons (Fsp3) is 0.444. The van der Waals surface area contributed by atoms with Gasteiger partial charge in [-0.15, -0.1) is 24.8 Å². The lowest BCUT2D eigenvalue weighted by molar-refractivity contribution is 0.0490. The summed E-state index contributed by atoms with van der Waals surface area (Å²) in [5, 5.41) is 10.6. The zero-order valence-electron chi connectivity index (χ0n) is 15.3. The van der Waals surface area contributed by atoms with Gasteiger partial charge >= 0.3 is 5.97 Å². The van der Waals surface area contributed by atoms with E-state index in [0.29, 0.717) is 17.5 Å². The Morgan fingerprint density at radius 2 is 1.89 bits per heavy atom. The smallest absolute Gasteiger partial charge is 0.374 e. The fourth-order valence-corrected chi connectivity index (χ4v) is 2.95. The summed E-state index contributed by atoms with van der Waals surface area (Å²) < 4.78 is 10.6. The number of piperazine rings is 1. The number of aromatic hydroxyl groups is 1. The number of esters is 1. The highest BCUT2D eigenvalue weighted by molar-refractivity contribution is 5.90. The topological polar surface area (TPSA) is 83.2 Å². The van der Waals surface area contributed by atoms with Gasteiger partial charge in [-0.3, -0.25) is 9.69 Å². The number of halogens is 2. The molecule has 0 bridgehead atoms. The average Bonchev–Trinajstić information content (AvgIpc) is 2.59. The summed E-state index contributed by atoms with van der Waals surface area (Å²) in [6, 6.07) is 4.14. The van der Waals surface area contributed by atoms with Crippen LogP contribution in [0.3, 0.4) is 0 Å². The number of fused-ring (bicyclic) bond motifs is 1. The van der Waals surface area contributed by atoms with Crippen molar-refractivity contribution in [2.75, 3.05) is 39.8 Å². The number of likely N-dealkylation sites (N-methyl/N-ethyl adjacent to an activating group) is 1. The Bertz CT molecular complexity index is 847. The SMILES string of the molecule is CCOC(=O)c1cc(=O)c2ccc(O)c(CN3CCN(C)CC3)c2o1.Cl.Cl. The molecule has 9 heteroatoms. The number of rotatable bonds is 4. The predicted molar refractivity (Wildman–Crippen MR) is 107 cm³/mol. The van der Waals surface area contributed by atoms with Gasteiger partial charge in [-0.25, -0.2) is 4.79 Å². The Balaban J connectivity index is 0.00000182. The normalized spacial score (nSPS) is 15.0. The van der Waals surface area contributed by atoms with Gasteiger partial charge in [0, 0.05) is 38.8 Å². The van der Waals surface area contributed by atoms with Crippen molar-refractivity contribution in [3.05, 3.63) is 39.7 Å². The monoisotopic (exact) mass is 418 g/mol. The lowest BCUT2D eigenvalue weighted by Crippen LogP contribution is -2.43. The molecule has 0 spiro atoms. The summed E-state index contributed by atoms with van der Waals surface area (Å²) in [6.45, 7) is 5.90. The molecule has 27 heavy (non-hydrogen) atoms. The van der Waals surface area contributed by atoms with E-state index in [4.69, 9.17) is 9.15 Å². The molecule has 1 aromatic heterocycles. The first-order chi connectivity index (χ1) is 12.0. The molecule has 0 amide bonds. The molecular weight excluding hydrogens is 395 g/mol. The third kappa shape index (κ3) is 5.13. The molecule has 2 heterocycles. The number of phenols is 1. The van der Waals surface area contributed by atoms with Crippen LogP contribution in [0.25, 0.3) is 11.0 Å². The zero-order valence-corrected chi connectivity index (χ0v) is 16.9. The van der Waals surface area contributed by atoms with E-state index >= 15 is 0 Å². The van der Waals surface area contributed by atoms with E-state index in [1.807, 2.05) is 0 Å². The van der Waals surface area contributed by atoms with Crippen molar-refractivity contribution < 1.29 is 19.1 Å². The molecule has 150 valence electrons. The van der Waals surface area contributed by atoms with Gasteiger partial charge in [0.05, 0.1) is 17.6 Å². The molecule has 0 aliphatic carbocycles. The van der Waals surface area contributed by atoms with Crippen molar-refractivity contribution in [2.24, 2.45) is 0 Å². The Morgan fingerprint density at radius 3 is 2.52 bits per heavy atom. The van der Waals surface area contributed by atoms with Crippen molar-refractivity contribution in [1.82, 2.24) is 9.80 Å². The van der Waals surface area contributed by atoms with E-state index < -0.39 is 5.97 Å². The van der Waals surface area contributed by atoms with Crippen LogP contribution in [-0.4, -0.2) is 60.7 Å². The minimum atomic E-state index is -0.685. The number of nitrogens with zero attached hydrogens (tertiary/aromatic N) is 2. The molecule has 1 N–H and O–H groups in total. The van der Waals surface area contributed by atoms with Crippen LogP contribution in [-0.2, 0) is 11.3 Å². The molecule has 0 unspecified atom stereocenters. The maximum absolute atomic E-state index is 12.3. The molecule has 1 aliphatic heterocycles. The van der Waals surface area contributed by atoms with E-state index in [1.54, 1.807) is 6.92 Å². The molecule has 7 nitrogen and oxygen atoms in total. The summed E-state index contributed by atoms with van der Waals surface area (Å²) >= 11 is 0. The Labute approximate surface area is 169 Å². The molecular formula is C18H24Cl2N2O5. The summed E-state index contributed by atoms with van der Waals surface area (Å²) in [7, 11) is 2.07. The van der Waals surface area contributed by atoms with Gasteiger partial charge in [0.2, 0.25) is 5.76 Å². The molecule has 1 saturated heterocycles. The molecule has 1 aromatic carbocycles. The van der Waals surface area contributed by atoms with E-state index in [2.05, 4.69) is 16.8 Å². The largest absolute Gasteiger partial charge is 0.507 e. The first-order valence-electron chi connectivity index (χ1n) is 8.36. The molecule has 2 aromatic rings. The summed E-state index contributed by atoms with van der Waals surface area (Å²) in [4.78, 5) is 28.7. The fourth-order valence-electron chi connectivity index (χ4n) is 2.95. The molecule has 1 aliphatic rings. The number of carbonyl (C=O) groups is 1. The van der Waals surface area contributed by atoms with E-state index in [-0.39, 0.29) is 53.9 Å². The minimum Gasteiger partial charge on any atom is -0.507 e. The molecule has 0 atom stereocenters. The van der Waals surface area contributed by atoms with E-state index in [0.717, 1.165) is 32.2 Å². The van der Waals surface area contributed by atoms with E-state index in [9.17, 15) is 14.7 Å². The van der Waals surface area contributed by atoms with Gasteiger partial charge < -0.3 is 19.2 Å². The summed E-state index contributed by atoms with van der Waals surface area (Å²) in [5.41, 5.74) is 0.434. The first-order valence-corrected chi connectivity index (χ1v) is 8.36. The van der Waals surface area contributed by atoms with Gasteiger partial charge in [-0.2, -0.15) is 0 Å². The van der Waals surface area contributed by atoms with Gasteiger partial charge in [-0.1, -0.05) is 0 Å². The highest BCUT2D eigenvalue weighted by atomic mass is 35.5. The maximum Gasteiger partial charge on any atom is 0.374 e. The zero-order chi connectivity index (χ0) is 18.0. The predicted octanol–water partition coefficient (Wildman–Crippen LogP) is 2.27. The summed E-state index contributed by atoms with van der Waals surface area (Å²) in [6.07, 6.45) is 0. The van der Waals surface area contributed by atoms with Gasteiger partial charge in [0.1, 0.15) is 11.3 Å². The third-order valence-corrected chi connectivity index (χ3v) is 4.43. The Morgan fingerprint density at radius 1 is 1.22 bits per heavy atom. The van der Waals surface area contributed by atoms with Crippen molar-refractivity contribution in [3.63, 3.8) is 0 Å². The number of hydrogen-bond acceptors (Lipinski definition) is 7. The quantitative estimate of drug-likeness (QED) is 0.762. The average molecular weight is 419 g/mol. The standard InChI is InChI=1S/C18H22N2O5.2ClH/c1-3-24-18(23)16-10-15(22)12-4-5-14(21)13(17(12)25-16)11-20-8-6-19(2)7-9-20;;/h4-5,10,21H,3,6-9,11H2,1-2H3;2*1H. The van der Waals surface area contributed by atoms with Crippen molar-refractivity contribution in [1.29, 1.82) is 0 Å². The minimum absolute atomic E-state index is 0. The van der Waals surface area contributed by atoms with Crippen molar-refractivity contribution in [2.45, 2.75) is 13.5 Å². The maximum atomic E-state index is 12.3. The third-order valence-electron chi connectivity index (χ3n) is 4.43. The van der Waals surface area contributed by atoms with Crippen LogP contribution < -0.4 is 5.43 Å². The van der Waals surface area contributed by atoms with Crippen LogP contribution in [0.5, 0.6) is 5.75 Å². The molecule has 0 radical (unpaired) electrons. The highest BCUT2D eigenvalue weighted by Gasteiger charge is 2.21. The number of benzene rings is 1. The van der Waals surface area contributed by atoms with Crippen LogP contribution in [0.1, 0.15) is 23.0 Å². The molecule has 3 rings (SSSR count). The Kier molecular flexibility index (Phi) is 8.56. The van der Waals surface area contributed by atoms with E-state index in [1.165, 1.54) is 12.1 Å². The lowest BCUT2D eigenvalue weighted by atomic mass is 10.1. The first kappa shape index (κ1) is 23.2. The molecule has 0 saturated carbocycles. The number of carbonyl (C=O) groups excluding carboxylic acids is 1. The van der Waals surface area contributed by atoms with Crippen molar-refractivity contribution >= 4 is 41.8 Å². The van der Waals surface area contributed by atoms with Crippen molar-refractivity contribution in [3.8, 4) is 5.75 Å².